The molecule has 0 unspecified atom stereocenters. The maximum absolute atomic E-state index is 11.5. The minimum Gasteiger partial charge on any atom is -0.377 e. The molecule has 0 aromatic rings. The summed E-state index contributed by atoms with van der Waals surface area (Å²) >= 11 is 0. The number of ether oxygens (including phenoxy) is 2. The highest BCUT2D eigenvalue weighted by molar-refractivity contribution is 5.84. The van der Waals surface area contributed by atoms with E-state index in [0.717, 1.165) is 0 Å². The van der Waals surface area contributed by atoms with Crippen molar-refractivity contribution in [2.75, 3.05) is 39.5 Å². The van der Waals surface area contributed by atoms with Gasteiger partial charge in [-0.2, -0.15) is 0 Å². The molecule has 1 amide bonds. The molecule has 0 saturated heterocycles. The Morgan fingerprint density at radius 2 is 1.72 bits per heavy atom. The van der Waals surface area contributed by atoms with Crippen LogP contribution >= 0.6 is 0 Å². The predicted octanol–water partition coefficient (Wildman–Crippen LogP) is -0.290. The van der Waals surface area contributed by atoms with Crippen molar-refractivity contribution in [1.29, 1.82) is 0 Å². The maximum atomic E-state index is 11.5. The largest absolute Gasteiger partial charge is 0.377 e. The van der Waals surface area contributed by atoms with Crippen LogP contribution in [0.2, 0.25) is 0 Å². The van der Waals surface area contributed by atoms with E-state index in [4.69, 9.17) is 15.2 Å². The van der Waals surface area contributed by atoms with Crippen LogP contribution in [0.1, 0.15) is 20.8 Å². The Hall–Kier alpha value is -0.980. The molecule has 0 fully saturated rings. The van der Waals surface area contributed by atoms with Crippen LogP contribution in [0, 0.1) is 5.41 Å². The number of hydrogen-bond donors (Lipinski definition) is 2. The molecule has 0 atom stereocenters. The van der Waals surface area contributed by atoms with E-state index in [9.17, 15) is 9.59 Å². The van der Waals surface area contributed by atoms with E-state index < -0.39 is 0 Å². The van der Waals surface area contributed by atoms with E-state index in [0.29, 0.717) is 26.4 Å². The molecular formula is C12H24N2O4. The summed E-state index contributed by atoms with van der Waals surface area (Å²) in [5, 5.41) is 2.58. The van der Waals surface area contributed by atoms with Crippen molar-refractivity contribution in [3.8, 4) is 0 Å². The normalized spacial score (nSPS) is 11.3. The van der Waals surface area contributed by atoms with Gasteiger partial charge in [0.05, 0.1) is 26.4 Å². The zero-order chi connectivity index (χ0) is 14.0. The van der Waals surface area contributed by atoms with Gasteiger partial charge in [0.2, 0.25) is 5.91 Å². The molecule has 3 N–H and O–H groups in total. The molecule has 0 aliphatic carbocycles. The molecule has 0 saturated carbocycles. The van der Waals surface area contributed by atoms with Crippen LogP contribution in [0.25, 0.3) is 0 Å². The molecule has 0 aromatic heterocycles. The summed E-state index contributed by atoms with van der Waals surface area (Å²) in [6.07, 6.45) is 0. The van der Waals surface area contributed by atoms with Crippen molar-refractivity contribution in [3.05, 3.63) is 0 Å². The van der Waals surface area contributed by atoms with Gasteiger partial charge < -0.3 is 20.5 Å². The van der Waals surface area contributed by atoms with E-state index in [-0.39, 0.29) is 30.3 Å². The Bertz CT molecular complexity index is 261. The molecule has 0 bridgehead atoms. The van der Waals surface area contributed by atoms with E-state index in [1.54, 1.807) is 0 Å². The molecule has 18 heavy (non-hydrogen) atoms. The molecule has 6 nitrogen and oxygen atoms in total. The Balaban J connectivity index is 3.32. The summed E-state index contributed by atoms with van der Waals surface area (Å²) in [4.78, 5) is 22.2. The Kier molecular flexibility index (Phi) is 8.53. The van der Waals surface area contributed by atoms with Crippen molar-refractivity contribution < 1.29 is 19.1 Å². The first-order chi connectivity index (χ1) is 8.38. The molecule has 0 radical (unpaired) electrons. The minimum atomic E-state index is -0.368. The highest BCUT2D eigenvalue weighted by Crippen LogP contribution is 2.14. The lowest BCUT2D eigenvalue weighted by molar-refractivity contribution is -0.131. The van der Waals surface area contributed by atoms with Crippen molar-refractivity contribution in [2.45, 2.75) is 20.8 Å². The lowest BCUT2D eigenvalue weighted by Gasteiger charge is -2.16. The second kappa shape index (κ2) is 9.02. The Labute approximate surface area is 108 Å². The van der Waals surface area contributed by atoms with E-state index in [2.05, 4.69) is 5.32 Å². The third-order valence-corrected chi connectivity index (χ3v) is 2.20. The SMILES string of the molecule is CC(C)(C)C(=O)COCCOCCNC(=O)CN. The molecule has 106 valence electrons. The molecule has 0 heterocycles. The minimum absolute atomic E-state index is 0.0158. The second-order valence-electron chi connectivity index (χ2n) is 4.89. The number of nitrogens with two attached hydrogens (primary N) is 1. The molecule has 0 aliphatic heterocycles. The summed E-state index contributed by atoms with van der Waals surface area (Å²) in [5.74, 6) is -0.136. The number of carbonyl (C=O) groups is 2. The maximum Gasteiger partial charge on any atom is 0.233 e. The first-order valence-electron chi connectivity index (χ1n) is 6.03. The van der Waals surface area contributed by atoms with Gasteiger partial charge >= 0.3 is 0 Å². The van der Waals surface area contributed by atoms with Gasteiger partial charge in [-0.15, -0.1) is 0 Å². The monoisotopic (exact) mass is 260 g/mol. The van der Waals surface area contributed by atoms with Crippen LogP contribution in [-0.2, 0) is 19.1 Å². The molecule has 0 aliphatic rings. The smallest absolute Gasteiger partial charge is 0.233 e. The van der Waals surface area contributed by atoms with Gasteiger partial charge in [-0.1, -0.05) is 20.8 Å². The van der Waals surface area contributed by atoms with Crippen molar-refractivity contribution in [3.63, 3.8) is 0 Å². The zero-order valence-corrected chi connectivity index (χ0v) is 11.5. The van der Waals surface area contributed by atoms with Gasteiger partial charge in [-0.3, -0.25) is 9.59 Å². The molecule has 0 rings (SSSR count). The first-order valence-corrected chi connectivity index (χ1v) is 6.03. The van der Waals surface area contributed by atoms with E-state index in [1.165, 1.54) is 0 Å². The van der Waals surface area contributed by atoms with E-state index in [1.807, 2.05) is 20.8 Å². The molecule has 0 spiro atoms. The topological polar surface area (TPSA) is 90.6 Å². The van der Waals surface area contributed by atoms with Gasteiger partial charge in [-0.05, 0) is 0 Å². The molecule has 6 heteroatoms. The predicted molar refractivity (Wildman–Crippen MR) is 68.2 cm³/mol. The average molecular weight is 260 g/mol. The number of amides is 1. The van der Waals surface area contributed by atoms with Gasteiger partial charge in [0, 0.05) is 12.0 Å². The van der Waals surface area contributed by atoms with Crippen molar-refractivity contribution >= 4 is 11.7 Å². The van der Waals surface area contributed by atoms with Gasteiger partial charge in [0.25, 0.3) is 0 Å². The standard InChI is InChI=1S/C12H24N2O4/c1-12(2,3)10(15)9-18-7-6-17-5-4-14-11(16)8-13/h4-9,13H2,1-3H3,(H,14,16). The Morgan fingerprint density at radius 3 is 2.28 bits per heavy atom. The fraction of sp³-hybridized carbons (Fsp3) is 0.833. The quantitative estimate of drug-likeness (QED) is 0.556. The highest BCUT2D eigenvalue weighted by atomic mass is 16.5. The van der Waals surface area contributed by atoms with Gasteiger partial charge in [-0.25, -0.2) is 0 Å². The van der Waals surface area contributed by atoms with Crippen LogP contribution in [0.3, 0.4) is 0 Å². The average Bonchev–Trinajstić information content (AvgIpc) is 2.30. The summed E-state index contributed by atoms with van der Waals surface area (Å²) in [6.45, 7) is 7.26. The summed E-state index contributed by atoms with van der Waals surface area (Å²) in [5.41, 5.74) is 4.74. The first kappa shape index (κ1) is 17.0. The third kappa shape index (κ3) is 9.09. The van der Waals surface area contributed by atoms with Crippen LogP contribution in [0.5, 0.6) is 0 Å². The number of rotatable bonds is 9. The summed E-state index contributed by atoms with van der Waals surface area (Å²) < 4.78 is 10.4. The second-order valence-corrected chi connectivity index (χ2v) is 4.89. The Morgan fingerprint density at radius 1 is 1.11 bits per heavy atom. The van der Waals surface area contributed by atoms with E-state index >= 15 is 0 Å². The molecular weight excluding hydrogens is 236 g/mol. The summed E-state index contributed by atoms with van der Waals surface area (Å²) in [7, 11) is 0. The lowest BCUT2D eigenvalue weighted by Crippen LogP contribution is -2.33. The lowest BCUT2D eigenvalue weighted by atomic mass is 9.91. The van der Waals surface area contributed by atoms with Crippen molar-refractivity contribution in [1.82, 2.24) is 5.32 Å². The zero-order valence-electron chi connectivity index (χ0n) is 11.5. The number of carbonyl (C=O) groups excluding carboxylic acids is 2. The third-order valence-electron chi connectivity index (χ3n) is 2.20. The fourth-order valence-corrected chi connectivity index (χ4v) is 0.936. The van der Waals surface area contributed by atoms with Crippen molar-refractivity contribution in [2.24, 2.45) is 11.1 Å². The number of Topliss-reactive ketones (excluding diaryl/α,β-unsaturated/α-hetero) is 1. The summed E-state index contributed by atoms with van der Waals surface area (Å²) in [6, 6.07) is 0. The van der Waals surface area contributed by atoms with Crippen LogP contribution in [0.4, 0.5) is 0 Å². The van der Waals surface area contributed by atoms with Crippen LogP contribution < -0.4 is 11.1 Å². The van der Waals surface area contributed by atoms with Crippen LogP contribution in [-0.4, -0.2) is 51.2 Å². The van der Waals surface area contributed by atoms with Gasteiger partial charge in [0.15, 0.2) is 5.78 Å². The number of hydrogen-bond acceptors (Lipinski definition) is 5. The number of nitrogens with one attached hydrogen (secondary N) is 1. The highest BCUT2D eigenvalue weighted by Gasteiger charge is 2.20. The molecule has 0 aromatic carbocycles. The van der Waals surface area contributed by atoms with Gasteiger partial charge in [0.1, 0.15) is 6.61 Å². The fourth-order valence-electron chi connectivity index (χ4n) is 0.936. The van der Waals surface area contributed by atoms with Crippen LogP contribution in [0.15, 0.2) is 0 Å². The number of ketones is 1.